The Kier molecular flexibility index (Phi) is 5.87. The predicted octanol–water partition coefficient (Wildman–Crippen LogP) is 6.98. The first-order valence-corrected chi connectivity index (χ1v) is 11.4. The van der Waals surface area contributed by atoms with Crippen LogP contribution in [-0.4, -0.2) is 19.7 Å². The second kappa shape index (κ2) is 9.09. The van der Waals surface area contributed by atoms with Gasteiger partial charge in [-0.2, -0.15) is 0 Å². The third kappa shape index (κ3) is 4.37. The molecule has 2 heterocycles. The first-order chi connectivity index (χ1) is 15.7. The fourth-order valence-corrected chi connectivity index (χ4v) is 4.23. The number of nitrogens with zero attached hydrogens (tertiary/aromatic N) is 2. The van der Waals surface area contributed by atoms with Gasteiger partial charge in [-0.25, -0.2) is 4.99 Å². The van der Waals surface area contributed by atoms with Crippen LogP contribution in [0.15, 0.2) is 82.2 Å². The van der Waals surface area contributed by atoms with E-state index in [0.717, 1.165) is 52.2 Å². The molecular weight excluding hydrogens is 420 g/mol. The lowest BCUT2D eigenvalue weighted by atomic mass is 10.1. The van der Waals surface area contributed by atoms with Gasteiger partial charge in [-0.3, -0.25) is 0 Å². The number of fused-ring (bicyclic) bond motifs is 1. The summed E-state index contributed by atoms with van der Waals surface area (Å²) in [7, 11) is 0. The topological polar surface area (TPSA) is 38.0 Å². The number of ether oxygens (including phenoxy) is 1. The first kappa shape index (κ1) is 20.7. The Labute approximate surface area is 192 Å². The Bertz CT molecular complexity index is 1290. The molecule has 162 valence electrons. The van der Waals surface area contributed by atoms with Gasteiger partial charge in [0, 0.05) is 40.8 Å². The van der Waals surface area contributed by atoms with Crippen LogP contribution in [0.5, 0.6) is 5.75 Å². The molecule has 4 nitrogen and oxygen atoms in total. The van der Waals surface area contributed by atoms with E-state index in [1.165, 1.54) is 18.5 Å². The normalized spacial score (nSPS) is 14.3. The van der Waals surface area contributed by atoms with Crippen LogP contribution < -0.4 is 15.0 Å². The number of benzene rings is 3. The van der Waals surface area contributed by atoms with Gasteiger partial charge in [0.25, 0.3) is 0 Å². The van der Waals surface area contributed by atoms with Crippen molar-refractivity contribution in [2.75, 3.05) is 24.6 Å². The van der Waals surface area contributed by atoms with Gasteiger partial charge in [-0.15, -0.1) is 0 Å². The van der Waals surface area contributed by atoms with Crippen LogP contribution in [-0.2, 0) is 0 Å². The Morgan fingerprint density at radius 2 is 1.69 bits per heavy atom. The summed E-state index contributed by atoms with van der Waals surface area (Å²) in [5.41, 5.74) is 3.87. The van der Waals surface area contributed by atoms with E-state index in [1.807, 2.05) is 55.5 Å². The smallest absolute Gasteiger partial charge is 0.137 e. The number of hydrogen-bond donors (Lipinski definition) is 0. The highest BCUT2D eigenvalue weighted by atomic mass is 35.5. The van der Waals surface area contributed by atoms with E-state index >= 15 is 0 Å². The summed E-state index contributed by atoms with van der Waals surface area (Å²) in [6, 6.07) is 24.0. The standard InChI is InChI=1S/C27H25ClN2O2/c1-2-31-23-13-14-26-24(17-23)25(18-27(32-26)19-5-7-20(28)8-6-19)29-21-9-11-22(12-10-21)30-15-3-4-16-30/h5-14,17-18H,2-4,15-16H2,1H3. The number of halogens is 1. The molecule has 0 aliphatic carbocycles. The van der Waals surface area contributed by atoms with Crippen molar-refractivity contribution in [1.29, 1.82) is 0 Å². The third-order valence-corrected chi connectivity index (χ3v) is 5.98. The predicted molar refractivity (Wildman–Crippen MR) is 131 cm³/mol. The van der Waals surface area contributed by atoms with Crippen LogP contribution in [0.3, 0.4) is 0 Å². The van der Waals surface area contributed by atoms with Gasteiger partial charge in [0.05, 0.1) is 17.7 Å². The van der Waals surface area contributed by atoms with E-state index in [1.54, 1.807) is 0 Å². The van der Waals surface area contributed by atoms with Gasteiger partial charge in [0.15, 0.2) is 0 Å². The molecule has 0 atom stereocenters. The maximum atomic E-state index is 6.22. The minimum absolute atomic E-state index is 0.607. The molecule has 0 bridgehead atoms. The second-order valence-corrected chi connectivity index (χ2v) is 8.35. The lowest BCUT2D eigenvalue weighted by Crippen LogP contribution is -2.17. The minimum Gasteiger partial charge on any atom is -0.494 e. The minimum atomic E-state index is 0.607. The molecule has 0 saturated carbocycles. The molecule has 0 radical (unpaired) electrons. The third-order valence-electron chi connectivity index (χ3n) is 5.72. The SMILES string of the molecule is CCOc1ccc2oc(-c3ccc(Cl)cc3)cc(=Nc3ccc(N4CCCC4)cc3)c2c1. The average molecular weight is 445 g/mol. The molecule has 1 aliphatic heterocycles. The van der Waals surface area contributed by atoms with Crippen LogP contribution in [0.2, 0.25) is 5.02 Å². The summed E-state index contributed by atoms with van der Waals surface area (Å²) in [5.74, 6) is 1.54. The van der Waals surface area contributed by atoms with Crippen molar-refractivity contribution in [3.63, 3.8) is 0 Å². The largest absolute Gasteiger partial charge is 0.494 e. The maximum absolute atomic E-state index is 6.22. The van der Waals surface area contributed by atoms with E-state index in [4.69, 9.17) is 25.7 Å². The van der Waals surface area contributed by atoms with E-state index in [2.05, 4.69) is 29.2 Å². The van der Waals surface area contributed by atoms with Gasteiger partial charge in [0.2, 0.25) is 0 Å². The zero-order chi connectivity index (χ0) is 21.9. The first-order valence-electron chi connectivity index (χ1n) is 11.1. The highest BCUT2D eigenvalue weighted by Crippen LogP contribution is 2.27. The molecule has 0 spiro atoms. The summed E-state index contributed by atoms with van der Waals surface area (Å²) < 4.78 is 11.9. The van der Waals surface area contributed by atoms with E-state index in [-0.39, 0.29) is 0 Å². The van der Waals surface area contributed by atoms with Crippen molar-refractivity contribution in [1.82, 2.24) is 0 Å². The molecule has 1 aliphatic rings. The maximum Gasteiger partial charge on any atom is 0.137 e. The van der Waals surface area contributed by atoms with Gasteiger partial charge in [-0.05, 0) is 86.5 Å². The molecule has 4 aromatic rings. The molecule has 5 rings (SSSR count). The van der Waals surface area contributed by atoms with Crippen LogP contribution in [0.1, 0.15) is 19.8 Å². The molecule has 0 amide bonds. The molecule has 1 saturated heterocycles. The van der Waals surface area contributed by atoms with Crippen molar-refractivity contribution in [3.8, 4) is 17.1 Å². The van der Waals surface area contributed by atoms with E-state index in [9.17, 15) is 0 Å². The molecule has 3 aromatic carbocycles. The molecule has 0 unspecified atom stereocenters. The Hall–Kier alpha value is -3.24. The zero-order valence-electron chi connectivity index (χ0n) is 18.1. The molecular formula is C27H25ClN2O2. The fourth-order valence-electron chi connectivity index (χ4n) is 4.11. The highest BCUT2D eigenvalue weighted by molar-refractivity contribution is 6.30. The van der Waals surface area contributed by atoms with E-state index in [0.29, 0.717) is 11.6 Å². The van der Waals surface area contributed by atoms with Gasteiger partial charge in [0.1, 0.15) is 17.1 Å². The van der Waals surface area contributed by atoms with Crippen molar-refractivity contribution >= 4 is 33.9 Å². The molecule has 32 heavy (non-hydrogen) atoms. The van der Waals surface area contributed by atoms with Crippen LogP contribution in [0, 0.1) is 0 Å². The van der Waals surface area contributed by atoms with Crippen molar-refractivity contribution < 1.29 is 9.15 Å². The number of anilines is 1. The van der Waals surface area contributed by atoms with Crippen molar-refractivity contribution in [2.24, 2.45) is 4.99 Å². The van der Waals surface area contributed by atoms with Crippen molar-refractivity contribution in [2.45, 2.75) is 19.8 Å². The molecule has 0 N–H and O–H groups in total. The Morgan fingerprint density at radius 3 is 2.41 bits per heavy atom. The number of rotatable bonds is 5. The Balaban J connectivity index is 1.62. The molecule has 1 aromatic heterocycles. The van der Waals surface area contributed by atoms with Crippen LogP contribution >= 0.6 is 11.6 Å². The van der Waals surface area contributed by atoms with Gasteiger partial charge in [-0.1, -0.05) is 11.6 Å². The average Bonchev–Trinajstić information content (AvgIpc) is 3.35. The summed E-state index contributed by atoms with van der Waals surface area (Å²) >= 11 is 6.07. The molecule has 1 fully saturated rings. The quantitative estimate of drug-likeness (QED) is 0.333. The van der Waals surface area contributed by atoms with Crippen molar-refractivity contribution in [3.05, 3.63) is 83.2 Å². The summed E-state index contributed by atoms with van der Waals surface area (Å²) in [6.07, 6.45) is 2.53. The van der Waals surface area contributed by atoms with Gasteiger partial charge >= 0.3 is 0 Å². The lowest BCUT2D eigenvalue weighted by Gasteiger charge is -2.17. The zero-order valence-corrected chi connectivity index (χ0v) is 18.8. The number of hydrogen-bond acceptors (Lipinski definition) is 4. The van der Waals surface area contributed by atoms with E-state index < -0.39 is 0 Å². The summed E-state index contributed by atoms with van der Waals surface area (Å²) in [4.78, 5) is 7.41. The second-order valence-electron chi connectivity index (χ2n) is 7.92. The lowest BCUT2D eigenvalue weighted by molar-refractivity contribution is 0.340. The monoisotopic (exact) mass is 444 g/mol. The van der Waals surface area contributed by atoms with Crippen LogP contribution in [0.25, 0.3) is 22.3 Å². The highest BCUT2D eigenvalue weighted by Gasteiger charge is 2.12. The van der Waals surface area contributed by atoms with Crippen LogP contribution in [0.4, 0.5) is 11.4 Å². The molecule has 5 heteroatoms. The summed E-state index contributed by atoms with van der Waals surface area (Å²) in [6.45, 7) is 4.85. The fraction of sp³-hybridized carbons (Fsp3) is 0.222. The van der Waals surface area contributed by atoms with Gasteiger partial charge < -0.3 is 14.1 Å². The summed E-state index contributed by atoms with van der Waals surface area (Å²) in [5, 5.41) is 2.45. The Morgan fingerprint density at radius 1 is 0.938 bits per heavy atom.